The number of nitrogens with zero attached hydrogens (tertiary/aromatic N) is 1. The molecule has 4 nitrogen and oxygen atoms in total. The molecule has 1 atom stereocenters. The molecule has 0 saturated carbocycles. The molecule has 0 radical (unpaired) electrons. The minimum absolute atomic E-state index is 0.0794. The minimum atomic E-state index is -0.781. The third-order valence-corrected chi connectivity index (χ3v) is 3.88. The first-order chi connectivity index (χ1) is 10.6. The monoisotopic (exact) mass is 297 g/mol. The molecular weight excluding hydrogens is 278 g/mol. The summed E-state index contributed by atoms with van der Waals surface area (Å²) in [6.45, 7) is 3.17. The van der Waals surface area contributed by atoms with Crippen molar-refractivity contribution >= 4 is 11.7 Å². The van der Waals surface area contributed by atoms with Gasteiger partial charge in [-0.1, -0.05) is 36.4 Å². The lowest BCUT2D eigenvalue weighted by molar-refractivity contribution is -0.136. The van der Waals surface area contributed by atoms with E-state index in [1.165, 1.54) is 0 Å². The topological polar surface area (TPSA) is 49.8 Å². The highest BCUT2D eigenvalue weighted by Crippen LogP contribution is 2.38. The summed E-state index contributed by atoms with van der Waals surface area (Å²) < 4.78 is 6.15. The second-order valence-electron chi connectivity index (χ2n) is 5.58. The molecule has 114 valence electrons. The zero-order valence-corrected chi connectivity index (χ0v) is 12.5. The molecule has 1 aliphatic rings. The third-order valence-electron chi connectivity index (χ3n) is 3.88. The zero-order chi connectivity index (χ0) is 15.5. The average molecular weight is 297 g/mol. The van der Waals surface area contributed by atoms with Gasteiger partial charge in [-0.15, -0.1) is 0 Å². The van der Waals surface area contributed by atoms with Crippen molar-refractivity contribution in [1.29, 1.82) is 0 Å². The highest BCUT2D eigenvalue weighted by molar-refractivity contribution is 5.69. The number of anilines is 1. The van der Waals surface area contributed by atoms with Gasteiger partial charge in [0, 0.05) is 6.54 Å². The van der Waals surface area contributed by atoms with Crippen LogP contribution in [0.2, 0.25) is 0 Å². The molecule has 0 amide bonds. The van der Waals surface area contributed by atoms with E-state index in [9.17, 15) is 4.79 Å². The molecule has 0 saturated heterocycles. The van der Waals surface area contributed by atoms with Crippen LogP contribution in [0.5, 0.6) is 5.75 Å². The van der Waals surface area contributed by atoms with Crippen LogP contribution in [0.1, 0.15) is 23.7 Å². The van der Waals surface area contributed by atoms with Crippen LogP contribution in [-0.2, 0) is 4.79 Å². The molecule has 1 aliphatic heterocycles. The molecule has 0 spiro atoms. The average Bonchev–Trinajstić information content (AvgIpc) is 2.52. The molecule has 1 heterocycles. The number of rotatable bonds is 4. The molecule has 22 heavy (non-hydrogen) atoms. The van der Waals surface area contributed by atoms with Gasteiger partial charge in [0.1, 0.15) is 11.9 Å². The van der Waals surface area contributed by atoms with Gasteiger partial charge < -0.3 is 14.7 Å². The van der Waals surface area contributed by atoms with Crippen LogP contribution in [-0.4, -0.2) is 24.2 Å². The summed E-state index contributed by atoms with van der Waals surface area (Å²) >= 11 is 0. The molecular formula is C18H19NO3. The molecule has 0 fully saturated rings. The van der Waals surface area contributed by atoms with Crippen LogP contribution in [0.25, 0.3) is 0 Å². The Balaban J connectivity index is 1.91. The number of carboxylic acid groups (broad SMARTS) is 1. The fourth-order valence-electron chi connectivity index (χ4n) is 2.75. The minimum Gasteiger partial charge on any atom is -0.482 e. The molecule has 1 N–H and O–H groups in total. The van der Waals surface area contributed by atoms with E-state index in [0.29, 0.717) is 13.1 Å². The normalized spacial score (nSPS) is 16.8. The van der Waals surface area contributed by atoms with Crippen molar-refractivity contribution < 1.29 is 14.6 Å². The van der Waals surface area contributed by atoms with Gasteiger partial charge in [0.25, 0.3) is 0 Å². The Kier molecular flexibility index (Phi) is 4.00. The maximum atomic E-state index is 10.9. The van der Waals surface area contributed by atoms with Crippen molar-refractivity contribution in [3.05, 3.63) is 59.7 Å². The Morgan fingerprint density at radius 3 is 2.77 bits per heavy atom. The second-order valence-corrected chi connectivity index (χ2v) is 5.58. The van der Waals surface area contributed by atoms with Crippen molar-refractivity contribution in [2.75, 3.05) is 18.0 Å². The number of ether oxygens (including phenoxy) is 1. The van der Waals surface area contributed by atoms with Crippen LogP contribution in [0.15, 0.2) is 48.5 Å². The summed E-state index contributed by atoms with van der Waals surface area (Å²) in [5.41, 5.74) is 3.21. The van der Waals surface area contributed by atoms with E-state index >= 15 is 0 Å². The largest absolute Gasteiger partial charge is 0.482 e. The predicted octanol–water partition coefficient (Wildman–Crippen LogP) is 3.41. The lowest BCUT2D eigenvalue weighted by Gasteiger charge is -2.36. The summed E-state index contributed by atoms with van der Waals surface area (Å²) in [6, 6.07) is 16.1. The number of aliphatic carboxylic acids is 1. The number of carboxylic acids is 1. The molecule has 2 aromatic rings. The van der Waals surface area contributed by atoms with Gasteiger partial charge in [-0.2, -0.15) is 0 Å². The van der Waals surface area contributed by atoms with E-state index in [1.807, 2.05) is 55.5 Å². The summed E-state index contributed by atoms with van der Waals surface area (Å²) in [6.07, 6.45) is 0.0405. The van der Waals surface area contributed by atoms with Crippen LogP contribution in [0.4, 0.5) is 5.69 Å². The molecule has 1 unspecified atom stereocenters. The van der Waals surface area contributed by atoms with E-state index in [0.717, 1.165) is 22.6 Å². The highest BCUT2D eigenvalue weighted by Gasteiger charge is 2.27. The molecule has 0 aromatic heterocycles. The summed E-state index contributed by atoms with van der Waals surface area (Å²) in [5.74, 6) is 0.0434. The van der Waals surface area contributed by atoms with Gasteiger partial charge in [-0.25, -0.2) is 0 Å². The van der Waals surface area contributed by atoms with E-state index in [-0.39, 0.29) is 12.5 Å². The third kappa shape index (κ3) is 3.06. The summed E-state index contributed by atoms with van der Waals surface area (Å²) in [7, 11) is 0. The molecule has 3 rings (SSSR count). The van der Waals surface area contributed by atoms with Crippen LogP contribution in [0, 0.1) is 6.92 Å². The number of fused-ring (bicyclic) bond motifs is 1. The lowest BCUT2D eigenvalue weighted by Crippen LogP contribution is -2.36. The number of hydrogen-bond acceptors (Lipinski definition) is 3. The first-order valence-electron chi connectivity index (χ1n) is 7.42. The maximum absolute atomic E-state index is 10.9. The van der Waals surface area contributed by atoms with Crippen molar-refractivity contribution in [2.24, 2.45) is 0 Å². The fraction of sp³-hybridized carbons (Fsp3) is 0.278. The van der Waals surface area contributed by atoms with Crippen molar-refractivity contribution in [2.45, 2.75) is 19.4 Å². The van der Waals surface area contributed by atoms with E-state index < -0.39 is 5.97 Å². The SMILES string of the molecule is Cc1ccc2c(c1)OC(c1ccccc1)CN2CCC(=O)O. The van der Waals surface area contributed by atoms with Crippen LogP contribution < -0.4 is 9.64 Å². The van der Waals surface area contributed by atoms with Gasteiger partial charge in [-0.05, 0) is 30.2 Å². The molecule has 0 bridgehead atoms. The fourth-order valence-corrected chi connectivity index (χ4v) is 2.75. The van der Waals surface area contributed by atoms with E-state index in [2.05, 4.69) is 4.90 Å². The standard InChI is InChI=1S/C18H19NO3/c1-13-7-8-15-16(11-13)22-17(14-5-3-2-4-6-14)12-19(15)10-9-18(20)21/h2-8,11,17H,9-10,12H2,1H3,(H,20,21). The number of benzene rings is 2. The lowest BCUT2D eigenvalue weighted by atomic mass is 10.1. The molecule has 0 aliphatic carbocycles. The second kappa shape index (κ2) is 6.10. The smallest absolute Gasteiger partial charge is 0.305 e. The number of aryl methyl sites for hydroxylation is 1. The Labute approximate surface area is 130 Å². The van der Waals surface area contributed by atoms with Gasteiger partial charge in [0.15, 0.2) is 0 Å². The first-order valence-corrected chi connectivity index (χ1v) is 7.42. The van der Waals surface area contributed by atoms with Crippen molar-refractivity contribution in [3.63, 3.8) is 0 Å². The highest BCUT2D eigenvalue weighted by atomic mass is 16.5. The molecule has 4 heteroatoms. The Bertz CT molecular complexity index is 669. The number of hydrogen-bond donors (Lipinski definition) is 1. The van der Waals surface area contributed by atoms with E-state index in [1.54, 1.807) is 0 Å². The van der Waals surface area contributed by atoms with E-state index in [4.69, 9.17) is 9.84 Å². The van der Waals surface area contributed by atoms with Gasteiger partial charge >= 0.3 is 5.97 Å². The van der Waals surface area contributed by atoms with Gasteiger partial charge in [0.2, 0.25) is 0 Å². The first kappa shape index (κ1) is 14.4. The molecule has 2 aromatic carbocycles. The quantitative estimate of drug-likeness (QED) is 0.939. The maximum Gasteiger partial charge on any atom is 0.305 e. The zero-order valence-electron chi connectivity index (χ0n) is 12.5. The Hall–Kier alpha value is -2.49. The number of carbonyl (C=O) groups is 1. The van der Waals surface area contributed by atoms with Crippen molar-refractivity contribution in [3.8, 4) is 5.75 Å². The predicted molar refractivity (Wildman–Crippen MR) is 85.5 cm³/mol. The summed E-state index contributed by atoms with van der Waals surface area (Å²) in [5, 5.41) is 8.96. The van der Waals surface area contributed by atoms with Crippen molar-refractivity contribution in [1.82, 2.24) is 0 Å². The van der Waals surface area contributed by atoms with Crippen LogP contribution >= 0.6 is 0 Å². The summed E-state index contributed by atoms with van der Waals surface area (Å²) in [4.78, 5) is 13.0. The Morgan fingerprint density at radius 1 is 1.27 bits per heavy atom. The van der Waals surface area contributed by atoms with Crippen LogP contribution in [0.3, 0.4) is 0 Å². The Morgan fingerprint density at radius 2 is 2.05 bits per heavy atom. The van der Waals surface area contributed by atoms with Gasteiger partial charge in [-0.3, -0.25) is 4.79 Å². The van der Waals surface area contributed by atoms with Gasteiger partial charge in [0.05, 0.1) is 18.7 Å².